The zero-order valence-electron chi connectivity index (χ0n) is 20.9. The van der Waals surface area contributed by atoms with Gasteiger partial charge >= 0.3 is 0 Å². The third kappa shape index (κ3) is 4.71. The fraction of sp³-hybridized carbons (Fsp3) is 0.448. The number of rotatable bonds is 5. The summed E-state index contributed by atoms with van der Waals surface area (Å²) in [7, 11) is 0. The maximum atomic E-state index is 14.0. The summed E-state index contributed by atoms with van der Waals surface area (Å²) in [6.45, 7) is 4.44. The summed E-state index contributed by atoms with van der Waals surface area (Å²) in [5.74, 6) is 0.672. The van der Waals surface area contributed by atoms with Crippen molar-refractivity contribution in [1.82, 2.24) is 14.8 Å². The summed E-state index contributed by atoms with van der Waals surface area (Å²) in [5, 5.41) is 0. The Hall–Kier alpha value is -3.36. The van der Waals surface area contributed by atoms with Crippen molar-refractivity contribution in [3.63, 3.8) is 0 Å². The number of ether oxygens (including phenoxy) is 2. The Morgan fingerprint density at radius 2 is 1.81 bits per heavy atom. The van der Waals surface area contributed by atoms with Gasteiger partial charge in [0.2, 0.25) is 11.7 Å². The lowest BCUT2D eigenvalue weighted by Crippen LogP contribution is -2.49. The van der Waals surface area contributed by atoms with Crippen molar-refractivity contribution in [1.29, 1.82) is 0 Å². The van der Waals surface area contributed by atoms with Crippen LogP contribution >= 0.6 is 0 Å². The maximum absolute atomic E-state index is 14.0. The van der Waals surface area contributed by atoms with E-state index >= 15 is 0 Å². The highest BCUT2D eigenvalue weighted by atomic mass is 16.5. The SMILES string of the molecule is O=C1CCc2cc(C3=C(c4ccncc4)OC(C4CCCN(C(=O)CN5CCOCC5)C4)C3=O)ccc21. The minimum atomic E-state index is -0.646. The highest BCUT2D eigenvalue weighted by Gasteiger charge is 2.43. The largest absolute Gasteiger partial charge is 0.480 e. The predicted molar refractivity (Wildman–Crippen MR) is 137 cm³/mol. The van der Waals surface area contributed by atoms with E-state index in [1.54, 1.807) is 12.4 Å². The molecule has 4 heterocycles. The lowest BCUT2D eigenvalue weighted by molar-refractivity contribution is -0.137. The van der Waals surface area contributed by atoms with Crippen molar-refractivity contribution >= 4 is 28.8 Å². The number of piperidine rings is 1. The Balaban J connectivity index is 1.25. The van der Waals surface area contributed by atoms with Crippen molar-refractivity contribution in [3.05, 3.63) is 65.0 Å². The first-order valence-electron chi connectivity index (χ1n) is 13.2. The Bertz CT molecular complexity index is 1250. The number of hydrogen-bond donors (Lipinski definition) is 0. The van der Waals surface area contributed by atoms with Crippen molar-refractivity contribution < 1.29 is 23.9 Å². The quantitative estimate of drug-likeness (QED) is 0.622. The van der Waals surface area contributed by atoms with Gasteiger partial charge in [-0.25, -0.2) is 0 Å². The van der Waals surface area contributed by atoms with Crippen LogP contribution in [0, 0.1) is 5.92 Å². The second kappa shape index (κ2) is 10.2. The molecule has 0 bridgehead atoms. The molecule has 37 heavy (non-hydrogen) atoms. The minimum absolute atomic E-state index is 0.0523. The summed E-state index contributed by atoms with van der Waals surface area (Å²) in [6.07, 6.45) is 5.61. The molecule has 1 aliphatic carbocycles. The number of aromatic nitrogens is 1. The molecule has 2 atom stereocenters. The Labute approximate surface area is 216 Å². The van der Waals surface area contributed by atoms with Gasteiger partial charge in [0.25, 0.3) is 0 Å². The van der Waals surface area contributed by atoms with Crippen LogP contribution in [-0.4, -0.2) is 84.3 Å². The number of ketones is 2. The first kappa shape index (κ1) is 24.0. The van der Waals surface area contributed by atoms with Crippen LogP contribution in [0.25, 0.3) is 11.3 Å². The zero-order valence-corrected chi connectivity index (χ0v) is 20.9. The maximum Gasteiger partial charge on any atom is 0.236 e. The molecule has 0 saturated carbocycles. The van der Waals surface area contributed by atoms with Crippen LogP contribution in [0.4, 0.5) is 0 Å². The van der Waals surface area contributed by atoms with Gasteiger partial charge in [-0.15, -0.1) is 0 Å². The molecule has 1 aromatic carbocycles. The van der Waals surface area contributed by atoms with Gasteiger partial charge in [-0.1, -0.05) is 18.2 Å². The molecule has 8 heteroatoms. The molecular weight excluding hydrogens is 470 g/mol. The normalized spacial score (nSPS) is 24.4. The molecule has 2 aromatic rings. The summed E-state index contributed by atoms with van der Waals surface area (Å²) < 4.78 is 11.9. The molecule has 6 rings (SSSR count). The molecule has 3 aliphatic heterocycles. The lowest BCUT2D eigenvalue weighted by Gasteiger charge is -2.36. The van der Waals surface area contributed by atoms with Crippen LogP contribution < -0.4 is 0 Å². The number of aryl methyl sites for hydroxylation is 1. The smallest absolute Gasteiger partial charge is 0.236 e. The van der Waals surface area contributed by atoms with E-state index in [9.17, 15) is 14.4 Å². The second-order valence-electron chi connectivity index (χ2n) is 10.3. The van der Waals surface area contributed by atoms with Gasteiger partial charge in [-0.2, -0.15) is 0 Å². The first-order valence-corrected chi connectivity index (χ1v) is 13.2. The molecule has 8 nitrogen and oxygen atoms in total. The molecule has 1 aromatic heterocycles. The Morgan fingerprint density at radius 1 is 1.00 bits per heavy atom. The molecule has 2 fully saturated rings. The molecule has 192 valence electrons. The number of benzene rings is 1. The average molecular weight is 502 g/mol. The fourth-order valence-corrected chi connectivity index (χ4v) is 5.94. The van der Waals surface area contributed by atoms with Gasteiger partial charge in [0.15, 0.2) is 11.9 Å². The lowest BCUT2D eigenvalue weighted by atomic mass is 9.87. The van der Waals surface area contributed by atoms with Crippen molar-refractivity contribution in [2.75, 3.05) is 45.9 Å². The highest BCUT2D eigenvalue weighted by Crippen LogP contribution is 2.41. The highest BCUT2D eigenvalue weighted by molar-refractivity contribution is 6.31. The molecule has 0 radical (unpaired) electrons. The van der Waals surface area contributed by atoms with E-state index in [1.165, 1.54) is 0 Å². The van der Waals surface area contributed by atoms with Gasteiger partial charge in [0, 0.05) is 62.0 Å². The number of nitrogens with zero attached hydrogens (tertiary/aromatic N) is 3. The van der Waals surface area contributed by atoms with Crippen molar-refractivity contribution in [3.8, 4) is 0 Å². The van der Waals surface area contributed by atoms with Gasteiger partial charge in [-0.3, -0.25) is 24.3 Å². The molecule has 4 aliphatic rings. The van der Waals surface area contributed by atoms with Crippen LogP contribution in [0.3, 0.4) is 0 Å². The van der Waals surface area contributed by atoms with Crippen LogP contribution in [0.5, 0.6) is 0 Å². The number of pyridine rings is 1. The third-order valence-electron chi connectivity index (χ3n) is 7.94. The van der Waals surface area contributed by atoms with Gasteiger partial charge in [0.1, 0.15) is 5.76 Å². The summed E-state index contributed by atoms with van der Waals surface area (Å²) in [5.41, 5.74) is 3.87. The Kier molecular flexibility index (Phi) is 6.61. The van der Waals surface area contributed by atoms with Crippen LogP contribution in [0.1, 0.15) is 46.3 Å². The molecular formula is C29H31N3O5. The van der Waals surface area contributed by atoms with E-state index in [4.69, 9.17) is 9.47 Å². The predicted octanol–water partition coefficient (Wildman–Crippen LogP) is 2.62. The van der Waals surface area contributed by atoms with Crippen molar-refractivity contribution in [2.45, 2.75) is 31.8 Å². The molecule has 0 N–H and O–H groups in total. The zero-order chi connectivity index (χ0) is 25.4. The fourth-order valence-electron chi connectivity index (χ4n) is 5.94. The molecule has 2 unspecified atom stereocenters. The number of carbonyl (C=O) groups is 3. The topological polar surface area (TPSA) is 89.0 Å². The third-order valence-corrected chi connectivity index (χ3v) is 7.94. The van der Waals surface area contributed by atoms with Gasteiger partial charge in [-0.05, 0) is 42.5 Å². The number of likely N-dealkylation sites (tertiary alicyclic amines) is 1. The minimum Gasteiger partial charge on any atom is -0.480 e. The Morgan fingerprint density at radius 3 is 2.62 bits per heavy atom. The first-order chi connectivity index (χ1) is 18.1. The standard InChI is InChI=1S/C29H31N3O5/c33-24-6-4-20-16-21(3-5-23(20)24)26-27(35)29(37-28(26)19-7-9-30-10-8-19)22-2-1-11-32(17-22)25(34)18-31-12-14-36-15-13-31/h3,5,7-10,16,22,29H,1-2,4,6,11-15,17-18H2. The van der Waals surface area contributed by atoms with E-state index in [-0.39, 0.29) is 23.4 Å². The van der Waals surface area contributed by atoms with Crippen LogP contribution in [0.15, 0.2) is 42.7 Å². The van der Waals surface area contributed by atoms with E-state index in [2.05, 4.69) is 9.88 Å². The van der Waals surface area contributed by atoms with Crippen molar-refractivity contribution in [2.24, 2.45) is 5.92 Å². The van der Waals surface area contributed by atoms with E-state index < -0.39 is 6.10 Å². The summed E-state index contributed by atoms with van der Waals surface area (Å²) in [6, 6.07) is 9.37. The number of carbonyl (C=O) groups excluding carboxylic acids is 3. The molecule has 1 amide bonds. The number of Topliss-reactive ketones (excluding diaryl/α,β-unsaturated/α-hetero) is 2. The summed E-state index contributed by atoms with van der Waals surface area (Å²) >= 11 is 0. The monoisotopic (exact) mass is 501 g/mol. The number of amides is 1. The molecule has 0 spiro atoms. The van der Waals surface area contributed by atoms with E-state index in [0.29, 0.717) is 57.0 Å². The van der Waals surface area contributed by atoms with Gasteiger partial charge < -0.3 is 14.4 Å². The van der Waals surface area contributed by atoms with Gasteiger partial charge in [0.05, 0.1) is 25.3 Å². The number of hydrogen-bond acceptors (Lipinski definition) is 7. The van der Waals surface area contributed by atoms with E-state index in [0.717, 1.165) is 48.2 Å². The summed E-state index contributed by atoms with van der Waals surface area (Å²) in [4.78, 5) is 47.4. The van der Waals surface area contributed by atoms with Crippen LogP contribution in [-0.2, 0) is 25.5 Å². The molecule has 2 saturated heterocycles. The van der Waals surface area contributed by atoms with Crippen LogP contribution in [0.2, 0.25) is 0 Å². The number of fused-ring (bicyclic) bond motifs is 1. The second-order valence-corrected chi connectivity index (χ2v) is 10.3. The number of morpholine rings is 1. The average Bonchev–Trinajstić information content (AvgIpc) is 3.49. The van der Waals surface area contributed by atoms with E-state index in [1.807, 2.05) is 35.2 Å².